The molecule has 3 heteroatoms. The molecule has 5 aliphatic carbocycles. The Hall–Kier alpha value is -6.71. The average Bonchev–Trinajstić information content (AvgIpc) is 3.60. The lowest BCUT2D eigenvalue weighted by atomic mass is 9.43. The molecule has 4 bridgehead atoms. The lowest BCUT2D eigenvalue weighted by Crippen LogP contribution is -2.55. The largest absolute Gasteiger partial charge is 0.208 e. The third-order valence-electron chi connectivity index (χ3n) is 14.9. The SMILES string of the molecule is c1ccc(-c2nc(-c3ccccc3)nc(-c3cccc(-c4cccc(-c5cccc6c7c(ccc56)C5(c6cc8ccccc8cc6-7)C6CC7CC(C6)CC5C7)c4)c3)n2)cc1. The Morgan fingerprint density at radius 2 is 0.867 bits per heavy atom. The van der Waals surface area contributed by atoms with Gasteiger partial charge in [-0.2, -0.15) is 0 Å². The van der Waals surface area contributed by atoms with E-state index in [1.165, 1.54) is 75.9 Å². The summed E-state index contributed by atoms with van der Waals surface area (Å²) in [6, 6.07) is 64.3. The molecular formula is C57H43N3. The lowest BCUT2D eigenvalue weighted by molar-refractivity contribution is -0.0398. The van der Waals surface area contributed by atoms with Gasteiger partial charge in [-0.05, 0) is 146 Å². The van der Waals surface area contributed by atoms with Crippen LogP contribution in [-0.4, -0.2) is 15.0 Å². The van der Waals surface area contributed by atoms with E-state index in [0.717, 1.165) is 51.5 Å². The number of hydrogen-bond acceptors (Lipinski definition) is 3. The van der Waals surface area contributed by atoms with Crippen LogP contribution < -0.4 is 0 Å². The van der Waals surface area contributed by atoms with Crippen LogP contribution in [0.3, 0.4) is 0 Å². The molecule has 0 radical (unpaired) electrons. The molecule has 4 fully saturated rings. The molecule has 1 spiro atoms. The van der Waals surface area contributed by atoms with Gasteiger partial charge in [-0.3, -0.25) is 0 Å². The van der Waals surface area contributed by atoms with Gasteiger partial charge in [-0.25, -0.2) is 15.0 Å². The molecule has 0 amide bonds. The summed E-state index contributed by atoms with van der Waals surface area (Å²) in [5, 5.41) is 5.44. The fourth-order valence-corrected chi connectivity index (χ4v) is 12.6. The second-order valence-corrected chi connectivity index (χ2v) is 18.0. The minimum atomic E-state index is 0.125. The van der Waals surface area contributed by atoms with Gasteiger partial charge in [0.15, 0.2) is 17.5 Å². The van der Waals surface area contributed by atoms with Crippen molar-refractivity contribution in [3.8, 4) is 67.5 Å². The van der Waals surface area contributed by atoms with Crippen molar-refractivity contribution in [2.75, 3.05) is 0 Å². The fraction of sp³-hybridized carbons (Fsp3) is 0.175. The standard InChI is InChI=1S/C57H43N3/c1-3-12-37(13-4-1)54-58-55(38-14-5-2-6-15-38)60-56(59-54)44-21-10-19-40(32-44)39-18-9-20-43(31-39)47-22-11-23-49-48(47)24-25-51-53(49)50-33-41-16-7-8-17-42(41)34-52(50)57(51)45-27-35-26-36(29-45)30-46(57)28-35/h1-25,31-36,45-46H,26-30H2. The Kier molecular flexibility index (Phi) is 7.49. The molecule has 8 aromatic carbocycles. The molecule has 0 saturated heterocycles. The Labute approximate surface area is 350 Å². The van der Waals surface area contributed by atoms with Crippen molar-refractivity contribution in [1.82, 2.24) is 15.0 Å². The smallest absolute Gasteiger partial charge is 0.164 e. The van der Waals surface area contributed by atoms with Crippen molar-refractivity contribution in [3.05, 3.63) is 187 Å². The molecule has 5 aliphatic rings. The van der Waals surface area contributed by atoms with Crippen LogP contribution in [0.1, 0.15) is 43.2 Å². The predicted molar refractivity (Wildman–Crippen MR) is 245 cm³/mol. The molecule has 286 valence electrons. The van der Waals surface area contributed by atoms with Gasteiger partial charge >= 0.3 is 0 Å². The van der Waals surface area contributed by atoms with Crippen molar-refractivity contribution in [2.45, 2.75) is 37.5 Å². The maximum atomic E-state index is 5.03. The first kappa shape index (κ1) is 34.2. The molecule has 0 atom stereocenters. The van der Waals surface area contributed by atoms with Crippen molar-refractivity contribution in [2.24, 2.45) is 23.7 Å². The molecule has 3 nitrogen and oxygen atoms in total. The maximum Gasteiger partial charge on any atom is 0.164 e. The monoisotopic (exact) mass is 769 g/mol. The molecule has 0 aliphatic heterocycles. The minimum Gasteiger partial charge on any atom is -0.208 e. The van der Waals surface area contributed by atoms with E-state index < -0.39 is 0 Å². The number of aromatic nitrogens is 3. The van der Waals surface area contributed by atoms with Gasteiger partial charge in [0.05, 0.1) is 0 Å². The Balaban J connectivity index is 0.932. The van der Waals surface area contributed by atoms with Gasteiger partial charge < -0.3 is 0 Å². The highest BCUT2D eigenvalue weighted by molar-refractivity contribution is 6.10. The van der Waals surface area contributed by atoms with E-state index in [0.29, 0.717) is 17.5 Å². The second-order valence-electron chi connectivity index (χ2n) is 18.0. The highest BCUT2D eigenvalue weighted by atomic mass is 15.0. The molecule has 0 N–H and O–H groups in total. The normalized spacial score (nSPS) is 22.1. The van der Waals surface area contributed by atoms with Crippen molar-refractivity contribution >= 4 is 21.5 Å². The molecule has 60 heavy (non-hydrogen) atoms. The molecule has 1 aromatic heterocycles. The number of fused-ring (bicyclic) bond motifs is 6. The minimum absolute atomic E-state index is 0.125. The first-order valence-electron chi connectivity index (χ1n) is 21.9. The third kappa shape index (κ3) is 5.11. The summed E-state index contributed by atoms with van der Waals surface area (Å²) in [5.74, 6) is 5.29. The Morgan fingerprint density at radius 1 is 0.350 bits per heavy atom. The van der Waals surface area contributed by atoms with Gasteiger partial charge in [0.25, 0.3) is 0 Å². The second kappa shape index (κ2) is 13.1. The molecule has 4 saturated carbocycles. The predicted octanol–water partition coefficient (Wildman–Crippen LogP) is 14.2. The van der Waals surface area contributed by atoms with Gasteiger partial charge in [-0.15, -0.1) is 0 Å². The summed E-state index contributed by atoms with van der Waals surface area (Å²) in [5.41, 5.74) is 14.0. The summed E-state index contributed by atoms with van der Waals surface area (Å²) < 4.78 is 0. The van der Waals surface area contributed by atoms with Gasteiger partial charge in [0.2, 0.25) is 0 Å². The number of rotatable bonds is 5. The van der Waals surface area contributed by atoms with Crippen molar-refractivity contribution in [3.63, 3.8) is 0 Å². The lowest BCUT2D eigenvalue weighted by Gasteiger charge is -2.61. The van der Waals surface area contributed by atoms with E-state index in [1.54, 1.807) is 11.1 Å². The van der Waals surface area contributed by atoms with E-state index in [9.17, 15) is 0 Å². The average molecular weight is 770 g/mol. The molecule has 1 heterocycles. The van der Waals surface area contributed by atoms with E-state index >= 15 is 0 Å². The topological polar surface area (TPSA) is 38.7 Å². The van der Waals surface area contributed by atoms with Crippen LogP contribution in [0.15, 0.2) is 176 Å². The summed E-state index contributed by atoms with van der Waals surface area (Å²) in [7, 11) is 0. The van der Waals surface area contributed by atoms with Crippen LogP contribution in [-0.2, 0) is 5.41 Å². The van der Waals surface area contributed by atoms with E-state index in [4.69, 9.17) is 15.0 Å². The van der Waals surface area contributed by atoms with Gasteiger partial charge in [0, 0.05) is 22.1 Å². The highest BCUT2D eigenvalue weighted by Gasteiger charge is 2.61. The quantitative estimate of drug-likeness (QED) is 0.175. The summed E-state index contributed by atoms with van der Waals surface area (Å²) in [6.07, 6.45) is 7.02. The van der Waals surface area contributed by atoms with Crippen LogP contribution >= 0.6 is 0 Å². The molecule has 14 rings (SSSR count). The summed E-state index contributed by atoms with van der Waals surface area (Å²) >= 11 is 0. The van der Waals surface area contributed by atoms with Crippen LogP contribution in [0.2, 0.25) is 0 Å². The van der Waals surface area contributed by atoms with Crippen LogP contribution in [0.25, 0.3) is 89.1 Å². The zero-order valence-electron chi connectivity index (χ0n) is 33.4. The zero-order valence-corrected chi connectivity index (χ0v) is 33.4. The van der Waals surface area contributed by atoms with Crippen LogP contribution in [0.5, 0.6) is 0 Å². The molecule has 0 unspecified atom stereocenters. The van der Waals surface area contributed by atoms with Crippen molar-refractivity contribution in [1.29, 1.82) is 0 Å². The first-order chi connectivity index (χ1) is 29.7. The number of nitrogens with zero attached hydrogens (tertiary/aromatic N) is 3. The zero-order chi connectivity index (χ0) is 39.4. The van der Waals surface area contributed by atoms with Gasteiger partial charge in [-0.1, -0.05) is 152 Å². The van der Waals surface area contributed by atoms with Crippen LogP contribution in [0.4, 0.5) is 0 Å². The van der Waals surface area contributed by atoms with E-state index in [2.05, 4.69) is 140 Å². The Bertz CT molecular complexity index is 3080. The fourth-order valence-electron chi connectivity index (χ4n) is 12.6. The van der Waals surface area contributed by atoms with Crippen LogP contribution in [0, 0.1) is 23.7 Å². The summed E-state index contributed by atoms with van der Waals surface area (Å²) in [6.45, 7) is 0. The van der Waals surface area contributed by atoms with Crippen molar-refractivity contribution < 1.29 is 0 Å². The van der Waals surface area contributed by atoms with Gasteiger partial charge in [0.1, 0.15) is 0 Å². The molecular weight excluding hydrogens is 727 g/mol. The first-order valence-corrected chi connectivity index (χ1v) is 21.9. The maximum absolute atomic E-state index is 5.03. The van der Waals surface area contributed by atoms with E-state index in [1.807, 2.05) is 36.4 Å². The highest BCUT2D eigenvalue weighted by Crippen LogP contribution is 2.70. The summed E-state index contributed by atoms with van der Waals surface area (Å²) in [4.78, 5) is 15.0. The third-order valence-corrected chi connectivity index (χ3v) is 14.9. The number of benzene rings is 8. The number of hydrogen-bond donors (Lipinski definition) is 0. The molecule has 9 aromatic rings. The Morgan fingerprint density at radius 3 is 1.52 bits per heavy atom. The van der Waals surface area contributed by atoms with E-state index in [-0.39, 0.29) is 5.41 Å².